The first kappa shape index (κ1) is 15.6. The summed E-state index contributed by atoms with van der Waals surface area (Å²) in [6.07, 6.45) is 5.52. The van der Waals surface area contributed by atoms with Gasteiger partial charge in [-0.3, -0.25) is 0 Å². The fourth-order valence-electron chi connectivity index (χ4n) is 3.63. The summed E-state index contributed by atoms with van der Waals surface area (Å²) in [7, 11) is 0. The molecule has 1 aromatic carbocycles. The SMILES string of the molecule is CCC1CCC(CNC(C)C)C(c2cccc(C)c2)C1. The largest absolute Gasteiger partial charge is 0.314 e. The summed E-state index contributed by atoms with van der Waals surface area (Å²) < 4.78 is 0. The molecule has 1 aromatic rings. The maximum Gasteiger partial charge on any atom is 0.00104 e. The van der Waals surface area contributed by atoms with Crippen molar-refractivity contribution in [2.24, 2.45) is 11.8 Å². The molecule has 0 heterocycles. The molecule has 2 rings (SSSR count). The molecular formula is C19H31N. The van der Waals surface area contributed by atoms with Crippen molar-refractivity contribution in [2.75, 3.05) is 6.54 Å². The zero-order valence-electron chi connectivity index (χ0n) is 13.7. The second-order valence-corrected chi connectivity index (χ2v) is 6.93. The Hall–Kier alpha value is -0.820. The first-order valence-electron chi connectivity index (χ1n) is 8.40. The summed E-state index contributed by atoms with van der Waals surface area (Å²) >= 11 is 0. The molecule has 112 valence electrons. The van der Waals surface area contributed by atoms with Gasteiger partial charge in [-0.05, 0) is 49.6 Å². The molecule has 0 spiro atoms. The first-order chi connectivity index (χ1) is 9.60. The predicted molar refractivity (Wildman–Crippen MR) is 88.2 cm³/mol. The fourth-order valence-corrected chi connectivity index (χ4v) is 3.63. The van der Waals surface area contributed by atoms with E-state index >= 15 is 0 Å². The van der Waals surface area contributed by atoms with Crippen LogP contribution in [0.15, 0.2) is 24.3 Å². The van der Waals surface area contributed by atoms with Crippen molar-refractivity contribution >= 4 is 0 Å². The Morgan fingerprint density at radius 2 is 2.05 bits per heavy atom. The third kappa shape index (κ3) is 4.09. The Labute approximate surface area is 125 Å². The van der Waals surface area contributed by atoms with Gasteiger partial charge in [-0.1, -0.05) is 63.4 Å². The van der Waals surface area contributed by atoms with Crippen molar-refractivity contribution in [1.29, 1.82) is 0 Å². The summed E-state index contributed by atoms with van der Waals surface area (Å²) in [4.78, 5) is 0. The monoisotopic (exact) mass is 273 g/mol. The van der Waals surface area contributed by atoms with E-state index in [-0.39, 0.29) is 0 Å². The Bertz CT molecular complexity index is 410. The molecule has 0 amide bonds. The van der Waals surface area contributed by atoms with Crippen molar-refractivity contribution in [3.05, 3.63) is 35.4 Å². The number of hydrogen-bond donors (Lipinski definition) is 1. The average molecular weight is 273 g/mol. The van der Waals surface area contributed by atoms with E-state index in [0.717, 1.165) is 17.8 Å². The van der Waals surface area contributed by atoms with Crippen LogP contribution in [0, 0.1) is 18.8 Å². The van der Waals surface area contributed by atoms with Crippen LogP contribution in [0.5, 0.6) is 0 Å². The fraction of sp³-hybridized carbons (Fsp3) is 0.684. The zero-order chi connectivity index (χ0) is 14.5. The van der Waals surface area contributed by atoms with Gasteiger partial charge >= 0.3 is 0 Å². The molecule has 0 radical (unpaired) electrons. The minimum atomic E-state index is 0.594. The van der Waals surface area contributed by atoms with Crippen LogP contribution in [0.25, 0.3) is 0 Å². The van der Waals surface area contributed by atoms with E-state index in [9.17, 15) is 0 Å². The van der Waals surface area contributed by atoms with Gasteiger partial charge in [-0.25, -0.2) is 0 Å². The summed E-state index contributed by atoms with van der Waals surface area (Å²) in [6, 6.07) is 9.79. The van der Waals surface area contributed by atoms with E-state index in [0.29, 0.717) is 6.04 Å². The molecule has 0 saturated heterocycles. The van der Waals surface area contributed by atoms with Gasteiger partial charge in [0.2, 0.25) is 0 Å². The van der Waals surface area contributed by atoms with E-state index in [4.69, 9.17) is 0 Å². The zero-order valence-corrected chi connectivity index (χ0v) is 13.7. The highest BCUT2D eigenvalue weighted by Gasteiger charge is 2.30. The summed E-state index contributed by atoms with van der Waals surface area (Å²) in [5, 5.41) is 3.66. The molecule has 3 atom stereocenters. The normalized spacial score (nSPS) is 26.9. The minimum Gasteiger partial charge on any atom is -0.314 e. The van der Waals surface area contributed by atoms with Gasteiger partial charge in [-0.2, -0.15) is 0 Å². The van der Waals surface area contributed by atoms with Crippen molar-refractivity contribution < 1.29 is 0 Å². The second-order valence-electron chi connectivity index (χ2n) is 6.93. The van der Waals surface area contributed by atoms with Gasteiger partial charge in [0.15, 0.2) is 0 Å². The maximum absolute atomic E-state index is 3.66. The number of rotatable bonds is 5. The van der Waals surface area contributed by atoms with Crippen LogP contribution < -0.4 is 5.32 Å². The molecule has 1 aliphatic rings. The third-order valence-corrected chi connectivity index (χ3v) is 4.94. The van der Waals surface area contributed by atoms with E-state index in [2.05, 4.69) is 57.3 Å². The molecule has 1 heteroatoms. The minimum absolute atomic E-state index is 0.594. The predicted octanol–water partition coefficient (Wildman–Crippen LogP) is 4.90. The highest BCUT2D eigenvalue weighted by atomic mass is 14.9. The summed E-state index contributed by atoms with van der Waals surface area (Å²) in [5.74, 6) is 2.48. The van der Waals surface area contributed by atoms with Crippen molar-refractivity contribution in [3.8, 4) is 0 Å². The van der Waals surface area contributed by atoms with Crippen LogP contribution >= 0.6 is 0 Å². The molecule has 1 nitrogen and oxygen atoms in total. The standard InChI is InChI=1S/C19H31N/c1-5-16-9-10-18(13-20-14(2)3)19(12-16)17-8-6-7-15(4)11-17/h6-8,11,14,16,18-20H,5,9-10,12-13H2,1-4H3. The van der Waals surface area contributed by atoms with E-state index < -0.39 is 0 Å². The number of aryl methyl sites for hydroxylation is 1. The van der Waals surface area contributed by atoms with Crippen molar-refractivity contribution in [3.63, 3.8) is 0 Å². The van der Waals surface area contributed by atoms with Crippen LogP contribution in [0.2, 0.25) is 0 Å². The van der Waals surface area contributed by atoms with Crippen molar-refractivity contribution in [2.45, 2.75) is 65.3 Å². The molecule has 1 N–H and O–H groups in total. The highest BCUT2D eigenvalue weighted by Crippen LogP contribution is 2.41. The Kier molecular flexibility index (Phi) is 5.65. The second kappa shape index (κ2) is 7.26. The van der Waals surface area contributed by atoms with Gasteiger partial charge in [0, 0.05) is 6.04 Å². The van der Waals surface area contributed by atoms with Gasteiger partial charge in [0.25, 0.3) is 0 Å². The van der Waals surface area contributed by atoms with Crippen LogP contribution in [-0.4, -0.2) is 12.6 Å². The van der Waals surface area contributed by atoms with Crippen LogP contribution in [0.4, 0.5) is 0 Å². The lowest BCUT2D eigenvalue weighted by molar-refractivity contribution is 0.222. The molecule has 0 bridgehead atoms. The van der Waals surface area contributed by atoms with Crippen LogP contribution in [0.3, 0.4) is 0 Å². The Morgan fingerprint density at radius 1 is 1.25 bits per heavy atom. The van der Waals surface area contributed by atoms with E-state index in [1.54, 1.807) is 5.56 Å². The quantitative estimate of drug-likeness (QED) is 0.804. The maximum atomic E-state index is 3.66. The molecular weight excluding hydrogens is 242 g/mol. The molecule has 0 aliphatic heterocycles. The van der Waals surface area contributed by atoms with E-state index in [1.807, 2.05) is 0 Å². The topological polar surface area (TPSA) is 12.0 Å². The molecule has 1 fully saturated rings. The lowest BCUT2D eigenvalue weighted by Gasteiger charge is -2.37. The van der Waals surface area contributed by atoms with Crippen LogP contribution in [-0.2, 0) is 0 Å². The summed E-state index contributed by atoms with van der Waals surface area (Å²) in [5.41, 5.74) is 2.97. The summed E-state index contributed by atoms with van der Waals surface area (Å²) in [6.45, 7) is 10.2. The third-order valence-electron chi connectivity index (χ3n) is 4.94. The smallest absolute Gasteiger partial charge is 0.00104 e. The number of nitrogens with one attached hydrogen (secondary N) is 1. The molecule has 0 aromatic heterocycles. The first-order valence-corrected chi connectivity index (χ1v) is 8.40. The van der Waals surface area contributed by atoms with Gasteiger partial charge in [0.1, 0.15) is 0 Å². The molecule has 20 heavy (non-hydrogen) atoms. The highest BCUT2D eigenvalue weighted by molar-refractivity contribution is 5.26. The van der Waals surface area contributed by atoms with Crippen molar-refractivity contribution in [1.82, 2.24) is 5.32 Å². The lowest BCUT2D eigenvalue weighted by atomic mass is 9.70. The van der Waals surface area contributed by atoms with Gasteiger partial charge in [0.05, 0.1) is 0 Å². The Morgan fingerprint density at radius 3 is 2.70 bits per heavy atom. The van der Waals surface area contributed by atoms with Gasteiger partial charge in [-0.15, -0.1) is 0 Å². The van der Waals surface area contributed by atoms with Gasteiger partial charge < -0.3 is 5.32 Å². The number of benzene rings is 1. The number of hydrogen-bond acceptors (Lipinski definition) is 1. The molecule has 1 aliphatic carbocycles. The molecule has 3 unspecified atom stereocenters. The Balaban J connectivity index is 2.13. The molecule has 1 saturated carbocycles. The van der Waals surface area contributed by atoms with Crippen LogP contribution in [0.1, 0.15) is 63.5 Å². The average Bonchev–Trinajstić information content (AvgIpc) is 2.45. The van der Waals surface area contributed by atoms with E-state index in [1.165, 1.54) is 37.8 Å². The lowest BCUT2D eigenvalue weighted by Crippen LogP contribution is -2.35.